The Hall–Kier alpha value is -1.10. The first-order valence-corrected chi connectivity index (χ1v) is 6.12. The van der Waals surface area contributed by atoms with Crippen molar-refractivity contribution in [2.24, 2.45) is 5.73 Å². The van der Waals surface area contributed by atoms with Gasteiger partial charge in [-0.1, -0.05) is 6.42 Å². The molecule has 0 aromatic carbocycles. The molecule has 0 atom stereocenters. The molecule has 5 nitrogen and oxygen atoms in total. The van der Waals surface area contributed by atoms with E-state index < -0.39 is 0 Å². The lowest BCUT2D eigenvalue weighted by atomic mass is 10.2. The molecule has 0 saturated carbocycles. The molecule has 1 amide bonds. The maximum Gasteiger partial charge on any atom is 0.305 e. The van der Waals surface area contributed by atoms with Gasteiger partial charge in [-0.2, -0.15) is 0 Å². The molecule has 0 bridgehead atoms. The zero-order valence-electron chi connectivity index (χ0n) is 10.9. The standard InChI is InChI=1S/C12H24N2O3/c1-14(10-6-8-12(16)17-2)11(15)7-4-3-5-9-13/h3-10,13H2,1-2H3. The van der Waals surface area contributed by atoms with Crippen molar-refractivity contribution in [1.82, 2.24) is 4.90 Å². The highest BCUT2D eigenvalue weighted by molar-refractivity contribution is 5.75. The molecule has 0 aromatic heterocycles. The molecule has 100 valence electrons. The first kappa shape index (κ1) is 15.9. The molecular weight excluding hydrogens is 220 g/mol. The topological polar surface area (TPSA) is 72.6 Å². The average Bonchev–Trinajstić information content (AvgIpc) is 2.33. The van der Waals surface area contributed by atoms with Gasteiger partial charge in [-0.25, -0.2) is 0 Å². The molecule has 0 aliphatic heterocycles. The first-order valence-electron chi connectivity index (χ1n) is 6.12. The number of carbonyl (C=O) groups is 2. The minimum atomic E-state index is -0.228. The van der Waals surface area contributed by atoms with Gasteiger partial charge < -0.3 is 15.4 Å². The second kappa shape index (κ2) is 10.1. The van der Waals surface area contributed by atoms with Crippen LogP contribution in [0.1, 0.15) is 38.5 Å². The zero-order chi connectivity index (χ0) is 13.1. The molecule has 0 aliphatic carbocycles. The zero-order valence-corrected chi connectivity index (χ0v) is 10.9. The third-order valence-electron chi connectivity index (χ3n) is 2.62. The number of methoxy groups -OCH3 is 1. The van der Waals surface area contributed by atoms with Crippen LogP contribution in [0.15, 0.2) is 0 Å². The van der Waals surface area contributed by atoms with Gasteiger partial charge >= 0.3 is 5.97 Å². The van der Waals surface area contributed by atoms with Crippen molar-refractivity contribution < 1.29 is 14.3 Å². The summed E-state index contributed by atoms with van der Waals surface area (Å²) in [5, 5.41) is 0. The largest absolute Gasteiger partial charge is 0.469 e. The fourth-order valence-electron chi connectivity index (χ4n) is 1.48. The van der Waals surface area contributed by atoms with E-state index in [0.29, 0.717) is 32.4 Å². The van der Waals surface area contributed by atoms with Crippen LogP contribution in [0.5, 0.6) is 0 Å². The van der Waals surface area contributed by atoms with Crippen LogP contribution in [0.2, 0.25) is 0 Å². The van der Waals surface area contributed by atoms with Crippen molar-refractivity contribution in [2.75, 3.05) is 27.2 Å². The number of rotatable bonds is 9. The molecule has 0 spiro atoms. The highest BCUT2D eigenvalue weighted by Gasteiger charge is 2.08. The van der Waals surface area contributed by atoms with Crippen LogP contribution in [-0.2, 0) is 14.3 Å². The SMILES string of the molecule is COC(=O)CCCN(C)C(=O)CCCCCN. The Morgan fingerprint density at radius 3 is 2.41 bits per heavy atom. The minimum absolute atomic E-state index is 0.131. The smallest absolute Gasteiger partial charge is 0.305 e. The summed E-state index contributed by atoms with van der Waals surface area (Å²) >= 11 is 0. The maximum absolute atomic E-state index is 11.6. The number of nitrogens with two attached hydrogens (primary N) is 1. The predicted octanol–water partition coefficient (Wildman–Crippen LogP) is 0.917. The molecule has 0 radical (unpaired) electrons. The molecular formula is C12H24N2O3. The van der Waals surface area contributed by atoms with Gasteiger partial charge in [0.2, 0.25) is 5.91 Å². The molecule has 0 aliphatic rings. The molecule has 0 saturated heterocycles. The maximum atomic E-state index is 11.6. The quantitative estimate of drug-likeness (QED) is 0.483. The summed E-state index contributed by atoms with van der Waals surface area (Å²) < 4.78 is 4.53. The monoisotopic (exact) mass is 244 g/mol. The molecule has 5 heteroatoms. The Labute approximate surface area is 103 Å². The van der Waals surface area contributed by atoms with Gasteiger partial charge in [0.15, 0.2) is 0 Å². The van der Waals surface area contributed by atoms with Crippen LogP contribution in [0, 0.1) is 0 Å². The van der Waals surface area contributed by atoms with Crippen LogP contribution in [0.3, 0.4) is 0 Å². The van der Waals surface area contributed by atoms with Crippen molar-refractivity contribution in [3.05, 3.63) is 0 Å². The van der Waals surface area contributed by atoms with E-state index in [4.69, 9.17) is 5.73 Å². The van der Waals surface area contributed by atoms with Gasteiger partial charge in [-0.3, -0.25) is 9.59 Å². The third-order valence-corrected chi connectivity index (χ3v) is 2.62. The van der Waals surface area contributed by atoms with Gasteiger partial charge in [-0.05, 0) is 25.8 Å². The number of esters is 1. The Morgan fingerprint density at radius 2 is 1.82 bits per heavy atom. The number of carbonyl (C=O) groups excluding carboxylic acids is 2. The predicted molar refractivity (Wildman–Crippen MR) is 66.4 cm³/mol. The Balaban J connectivity index is 3.56. The Morgan fingerprint density at radius 1 is 1.12 bits per heavy atom. The number of nitrogens with zero attached hydrogens (tertiary/aromatic N) is 1. The van der Waals surface area contributed by atoms with Gasteiger partial charge in [0.1, 0.15) is 0 Å². The van der Waals surface area contributed by atoms with Crippen LogP contribution < -0.4 is 5.73 Å². The Bertz CT molecular complexity index is 232. The molecule has 0 rings (SSSR count). The first-order chi connectivity index (χ1) is 8.11. The van der Waals surface area contributed by atoms with Crippen molar-refractivity contribution in [3.8, 4) is 0 Å². The van der Waals surface area contributed by atoms with E-state index in [2.05, 4.69) is 4.74 Å². The highest BCUT2D eigenvalue weighted by atomic mass is 16.5. The normalized spacial score (nSPS) is 10.1. The molecule has 17 heavy (non-hydrogen) atoms. The number of amides is 1. The lowest BCUT2D eigenvalue weighted by Crippen LogP contribution is -2.27. The second-order valence-electron chi connectivity index (χ2n) is 4.09. The number of hydrogen-bond acceptors (Lipinski definition) is 4. The number of hydrogen-bond donors (Lipinski definition) is 1. The van der Waals surface area contributed by atoms with Crippen molar-refractivity contribution in [1.29, 1.82) is 0 Å². The molecule has 0 aromatic rings. The van der Waals surface area contributed by atoms with E-state index in [0.717, 1.165) is 19.3 Å². The van der Waals surface area contributed by atoms with Gasteiger partial charge in [-0.15, -0.1) is 0 Å². The fraction of sp³-hybridized carbons (Fsp3) is 0.833. The van der Waals surface area contributed by atoms with Crippen molar-refractivity contribution in [3.63, 3.8) is 0 Å². The summed E-state index contributed by atoms with van der Waals surface area (Å²) in [6.07, 6.45) is 4.43. The van der Waals surface area contributed by atoms with Crippen LogP contribution in [0.4, 0.5) is 0 Å². The molecule has 0 heterocycles. The summed E-state index contributed by atoms with van der Waals surface area (Å²) in [6, 6.07) is 0. The summed E-state index contributed by atoms with van der Waals surface area (Å²) in [5.74, 6) is -0.0966. The Kier molecular flexibility index (Phi) is 9.43. The molecule has 2 N–H and O–H groups in total. The van der Waals surface area contributed by atoms with E-state index in [-0.39, 0.29) is 11.9 Å². The molecule has 0 fully saturated rings. The van der Waals surface area contributed by atoms with Crippen LogP contribution in [-0.4, -0.2) is 44.0 Å². The third kappa shape index (κ3) is 8.68. The van der Waals surface area contributed by atoms with E-state index in [1.54, 1.807) is 11.9 Å². The van der Waals surface area contributed by atoms with Gasteiger partial charge in [0.25, 0.3) is 0 Å². The van der Waals surface area contributed by atoms with E-state index in [1.165, 1.54) is 7.11 Å². The van der Waals surface area contributed by atoms with Gasteiger partial charge in [0.05, 0.1) is 7.11 Å². The lowest BCUT2D eigenvalue weighted by Gasteiger charge is -2.16. The second-order valence-corrected chi connectivity index (χ2v) is 4.09. The average molecular weight is 244 g/mol. The highest BCUT2D eigenvalue weighted by Crippen LogP contribution is 2.03. The lowest BCUT2D eigenvalue weighted by molar-refractivity contribution is -0.141. The minimum Gasteiger partial charge on any atom is -0.469 e. The van der Waals surface area contributed by atoms with Crippen LogP contribution in [0.25, 0.3) is 0 Å². The number of unbranched alkanes of at least 4 members (excludes halogenated alkanes) is 2. The summed E-state index contributed by atoms with van der Waals surface area (Å²) in [7, 11) is 3.14. The molecule has 0 unspecified atom stereocenters. The van der Waals surface area contributed by atoms with Crippen molar-refractivity contribution >= 4 is 11.9 Å². The summed E-state index contributed by atoms with van der Waals surface area (Å²) in [5.41, 5.74) is 5.37. The van der Waals surface area contributed by atoms with E-state index in [9.17, 15) is 9.59 Å². The fourth-order valence-corrected chi connectivity index (χ4v) is 1.48. The summed E-state index contributed by atoms with van der Waals surface area (Å²) in [4.78, 5) is 24.2. The van der Waals surface area contributed by atoms with Crippen molar-refractivity contribution in [2.45, 2.75) is 38.5 Å². The number of ether oxygens (including phenoxy) is 1. The summed E-state index contributed by atoms with van der Waals surface area (Å²) in [6.45, 7) is 1.29. The van der Waals surface area contributed by atoms with Crippen LogP contribution >= 0.6 is 0 Å². The van der Waals surface area contributed by atoms with Gasteiger partial charge in [0, 0.05) is 26.4 Å². The van der Waals surface area contributed by atoms with E-state index >= 15 is 0 Å². The van der Waals surface area contributed by atoms with E-state index in [1.807, 2.05) is 0 Å².